The molecule has 0 aliphatic rings. The molecule has 2 aromatic carbocycles. The van der Waals surface area contributed by atoms with Crippen LogP contribution in [0.2, 0.25) is 0 Å². The molecule has 0 radical (unpaired) electrons. The molecule has 0 spiro atoms. The van der Waals surface area contributed by atoms with Crippen LogP contribution in [-0.2, 0) is 6.61 Å². The van der Waals surface area contributed by atoms with Crippen molar-refractivity contribution in [3.05, 3.63) is 59.2 Å². The molecule has 0 aromatic heterocycles. The Kier molecular flexibility index (Phi) is 7.07. The molecule has 2 rings (SSSR count). The molecule has 0 saturated carbocycles. The Bertz CT molecular complexity index is 660. The predicted octanol–water partition coefficient (Wildman–Crippen LogP) is 0.911. The predicted molar refractivity (Wildman–Crippen MR) is 70.6 cm³/mol. The Labute approximate surface area is 167 Å². The van der Waals surface area contributed by atoms with Crippen molar-refractivity contribution in [3.63, 3.8) is 0 Å². The molecule has 0 aliphatic carbocycles. The van der Waals surface area contributed by atoms with E-state index in [9.17, 15) is 21.7 Å². The first-order chi connectivity index (χ1) is 9.77. The summed E-state index contributed by atoms with van der Waals surface area (Å²) in [7, 11) is 0. The molecule has 8 heteroatoms. The minimum atomic E-state index is -5.08. The van der Waals surface area contributed by atoms with Crippen LogP contribution >= 0.6 is 0 Å². The molecule has 1 nitrogen and oxygen atoms in total. The van der Waals surface area contributed by atoms with Gasteiger partial charge in [-0.3, -0.25) is 0 Å². The first kappa shape index (κ1) is 19.6. The van der Waals surface area contributed by atoms with Crippen molar-refractivity contribution in [2.75, 3.05) is 0 Å². The van der Waals surface area contributed by atoms with Crippen LogP contribution in [0.3, 0.4) is 0 Å². The average molecular weight is 340 g/mol. The van der Waals surface area contributed by atoms with Crippen LogP contribution in [0.15, 0.2) is 36.4 Å². The number of hydrogen-bond acceptors (Lipinski definition) is 1. The molecule has 0 heterocycles. The van der Waals surface area contributed by atoms with Gasteiger partial charge in [0, 0.05) is 5.56 Å². The molecule has 0 amide bonds. The van der Waals surface area contributed by atoms with Gasteiger partial charge >= 0.3 is 58.4 Å². The fraction of sp³-hybridized carbons (Fsp3) is 0.143. The number of rotatable bonds is 4. The van der Waals surface area contributed by atoms with Gasteiger partial charge < -0.3 is 17.7 Å². The van der Waals surface area contributed by atoms with Crippen LogP contribution < -0.4 is 61.6 Å². The van der Waals surface area contributed by atoms with Gasteiger partial charge in [-0.15, -0.1) is 5.46 Å². The van der Waals surface area contributed by atoms with Crippen LogP contribution in [0.4, 0.5) is 21.7 Å². The molecule has 0 aliphatic heterocycles. The van der Waals surface area contributed by atoms with Gasteiger partial charge in [-0.1, -0.05) is 11.6 Å². The van der Waals surface area contributed by atoms with Gasteiger partial charge in [0.1, 0.15) is 24.0 Å². The van der Waals surface area contributed by atoms with E-state index in [1.54, 1.807) is 0 Å². The third-order valence-corrected chi connectivity index (χ3v) is 3.00. The van der Waals surface area contributed by atoms with Gasteiger partial charge in [-0.05, 0) is 37.3 Å². The van der Waals surface area contributed by atoms with Gasteiger partial charge in [0.05, 0.1) is 0 Å². The summed E-state index contributed by atoms with van der Waals surface area (Å²) in [5.74, 6) is -1.08. The standard InChI is InChI=1S/C14H11BF5O.K/c1-9-6-12(3-4-13(9)15(18,19)20)21-8-10-7-11(16)2-5-14(10)17;/h2-7H,8H2,1H3;/q-1;+1. The van der Waals surface area contributed by atoms with Crippen LogP contribution in [-0.4, -0.2) is 6.98 Å². The summed E-state index contributed by atoms with van der Waals surface area (Å²) in [5.41, 5.74) is -0.671. The van der Waals surface area contributed by atoms with Gasteiger partial charge in [-0.25, -0.2) is 8.78 Å². The molecular formula is C14H11BF5KO. The Hall–Kier alpha value is -0.409. The summed E-state index contributed by atoms with van der Waals surface area (Å²) >= 11 is 0. The van der Waals surface area contributed by atoms with E-state index in [-0.39, 0.29) is 74.9 Å². The minimum absolute atomic E-state index is 0. The molecule has 0 saturated heterocycles. The van der Waals surface area contributed by atoms with Crippen molar-refractivity contribution >= 4 is 12.4 Å². The number of benzene rings is 2. The number of hydrogen-bond donors (Lipinski definition) is 0. The van der Waals surface area contributed by atoms with Crippen molar-refractivity contribution in [3.8, 4) is 5.75 Å². The van der Waals surface area contributed by atoms with Gasteiger partial charge in [0.2, 0.25) is 0 Å². The summed E-state index contributed by atoms with van der Waals surface area (Å²) in [6.07, 6.45) is 0. The summed E-state index contributed by atoms with van der Waals surface area (Å²) in [6, 6.07) is 6.23. The van der Waals surface area contributed by atoms with Crippen LogP contribution in [0.5, 0.6) is 5.75 Å². The van der Waals surface area contributed by atoms with Gasteiger partial charge in [0.15, 0.2) is 0 Å². The molecule has 112 valence electrons. The Morgan fingerprint density at radius 1 is 1.00 bits per heavy atom. The largest absolute Gasteiger partial charge is 1.00 e. The normalized spacial score (nSPS) is 11.0. The first-order valence-corrected chi connectivity index (χ1v) is 6.14. The zero-order chi connectivity index (χ0) is 15.6. The van der Waals surface area contributed by atoms with E-state index in [1.165, 1.54) is 13.0 Å². The monoisotopic (exact) mass is 340 g/mol. The van der Waals surface area contributed by atoms with Crippen LogP contribution in [0.25, 0.3) is 0 Å². The van der Waals surface area contributed by atoms with Crippen molar-refractivity contribution < 1.29 is 77.8 Å². The second-order valence-electron chi connectivity index (χ2n) is 4.62. The zero-order valence-electron chi connectivity index (χ0n) is 12.0. The number of ether oxygens (including phenoxy) is 1. The number of aryl methyl sites for hydroxylation is 1. The first-order valence-electron chi connectivity index (χ1n) is 6.14. The third-order valence-electron chi connectivity index (χ3n) is 3.00. The Balaban J connectivity index is 0.00000242. The Morgan fingerprint density at radius 2 is 1.68 bits per heavy atom. The van der Waals surface area contributed by atoms with Gasteiger partial charge in [-0.2, -0.15) is 0 Å². The Morgan fingerprint density at radius 3 is 2.27 bits per heavy atom. The van der Waals surface area contributed by atoms with Crippen LogP contribution in [0.1, 0.15) is 11.1 Å². The maximum atomic E-state index is 13.4. The fourth-order valence-electron chi connectivity index (χ4n) is 1.92. The topological polar surface area (TPSA) is 9.23 Å². The van der Waals surface area contributed by atoms with Crippen LogP contribution in [0, 0.1) is 18.6 Å². The SMILES string of the molecule is Cc1cc(OCc2cc(F)ccc2F)ccc1[B-](F)(F)F.[K+]. The van der Waals surface area contributed by atoms with Crippen molar-refractivity contribution in [1.29, 1.82) is 0 Å². The van der Waals surface area contributed by atoms with E-state index in [2.05, 4.69) is 0 Å². The fourth-order valence-corrected chi connectivity index (χ4v) is 1.92. The summed E-state index contributed by atoms with van der Waals surface area (Å²) < 4.78 is 69.5. The molecule has 0 unspecified atom stereocenters. The molecule has 0 atom stereocenters. The van der Waals surface area contributed by atoms with E-state index >= 15 is 0 Å². The van der Waals surface area contributed by atoms with E-state index in [0.29, 0.717) is 0 Å². The maximum absolute atomic E-state index is 13.4. The van der Waals surface area contributed by atoms with Gasteiger partial charge in [0.25, 0.3) is 0 Å². The summed E-state index contributed by atoms with van der Waals surface area (Å²) in [6.45, 7) is -4.02. The number of halogens is 5. The van der Waals surface area contributed by atoms with E-state index in [0.717, 1.165) is 30.3 Å². The molecule has 2 aromatic rings. The van der Waals surface area contributed by atoms with E-state index in [4.69, 9.17) is 4.74 Å². The zero-order valence-corrected chi connectivity index (χ0v) is 15.2. The second kappa shape index (κ2) is 7.92. The average Bonchev–Trinajstić information content (AvgIpc) is 2.38. The molecular weight excluding hydrogens is 329 g/mol. The second-order valence-corrected chi connectivity index (χ2v) is 4.62. The van der Waals surface area contributed by atoms with Crippen molar-refractivity contribution in [1.82, 2.24) is 0 Å². The molecule has 22 heavy (non-hydrogen) atoms. The molecule has 0 fully saturated rings. The quantitative estimate of drug-likeness (QED) is 0.594. The summed E-state index contributed by atoms with van der Waals surface area (Å²) in [5, 5.41) is 0. The van der Waals surface area contributed by atoms with Crippen molar-refractivity contribution in [2.45, 2.75) is 13.5 Å². The maximum Gasteiger partial charge on any atom is 1.00 e. The van der Waals surface area contributed by atoms with E-state index < -0.39 is 24.1 Å². The molecule has 0 bridgehead atoms. The van der Waals surface area contributed by atoms with Crippen molar-refractivity contribution in [2.24, 2.45) is 0 Å². The molecule has 0 N–H and O–H groups in total. The third kappa shape index (κ3) is 5.06. The minimum Gasteiger partial charge on any atom is -0.489 e. The summed E-state index contributed by atoms with van der Waals surface area (Å²) in [4.78, 5) is 0. The smallest absolute Gasteiger partial charge is 0.489 e. The van der Waals surface area contributed by atoms with E-state index in [1.807, 2.05) is 0 Å².